The normalized spacial score (nSPS) is 33.8. The van der Waals surface area contributed by atoms with E-state index in [1.165, 1.54) is 45.1 Å². The van der Waals surface area contributed by atoms with E-state index in [0.29, 0.717) is 6.04 Å². The SMILES string of the molecule is c1n[nH]cc1NC1CCCC1C1CCCCN1. The average Bonchev–Trinajstić information content (AvgIpc) is 3.02. The Hall–Kier alpha value is -1.03. The predicted molar refractivity (Wildman–Crippen MR) is 69.0 cm³/mol. The molecule has 2 heterocycles. The molecule has 94 valence electrons. The maximum absolute atomic E-state index is 4.00. The molecular formula is C13H22N4. The minimum atomic E-state index is 0.628. The van der Waals surface area contributed by atoms with Crippen LogP contribution >= 0.6 is 0 Å². The summed E-state index contributed by atoms with van der Waals surface area (Å²) in [4.78, 5) is 0. The number of aromatic nitrogens is 2. The number of aromatic amines is 1. The summed E-state index contributed by atoms with van der Waals surface area (Å²) in [5.74, 6) is 0.796. The first-order valence-corrected chi connectivity index (χ1v) is 6.92. The van der Waals surface area contributed by atoms with E-state index in [9.17, 15) is 0 Å². The van der Waals surface area contributed by atoms with E-state index < -0.39 is 0 Å². The van der Waals surface area contributed by atoms with Gasteiger partial charge in [-0.3, -0.25) is 5.10 Å². The fourth-order valence-electron chi connectivity index (χ4n) is 3.44. The minimum Gasteiger partial charge on any atom is -0.379 e. The predicted octanol–water partition coefficient (Wildman–Crippen LogP) is 2.13. The summed E-state index contributed by atoms with van der Waals surface area (Å²) < 4.78 is 0. The fourth-order valence-corrected chi connectivity index (χ4v) is 3.44. The summed E-state index contributed by atoms with van der Waals surface area (Å²) in [6.07, 6.45) is 12.0. The molecule has 3 atom stereocenters. The minimum absolute atomic E-state index is 0.628. The van der Waals surface area contributed by atoms with Crippen molar-refractivity contribution in [2.24, 2.45) is 5.92 Å². The topological polar surface area (TPSA) is 52.7 Å². The fraction of sp³-hybridized carbons (Fsp3) is 0.769. The van der Waals surface area contributed by atoms with Gasteiger partial charge in [0.05, 0.1) is 11.9 Å². The van der Waals surface area contributed by atoms with E-state index in [0.717, 1.165) is 17.6 Å². The van der Waals surface area contributed by atoms with Crippen LogP contribution in [0, 0.1) is 5.92 Å². The highest BCUT2D eigenvalue weighted by molar-refractivity contribution is 5.39. The zero-order valence-corrected chi connectivity index (χ0v) is 10.3. The van der Waals surface area contributed by atoms with Crippen LogP contribution in [-0.2, 0) is 0 Å². The Morgan fingerprint density at radius 1 is 1.18 bits per heavy atom. The Labute approximate surface area is 103 Å². The molecule has 3 unspecified atom stereocenters. The van der Waals surface area contributed by atoms with Crippen LogP contribution in [0.15, 0.2) is 12.4 Å². The van der Waals surface area contributed by atoms with Gasteiger partial charge in [0, 0.05) is 18.3 Å². The third-order valence-electron chi connectivity index (χ3n) is 4.28. The van der Waals surface area contributed by atoms with Gasteiger partial charge < -0.3 is 10.6 Å². The lowest BCUT2D eigenvalue weighted by Gasteiger charge is -2.33. The van der Waals surface area contributed by atoms with E-state index in [-0.39, 0.29) is 0 Å². The largest absolute Gasteiger partial charge is 0.379 e. The molecule has 3 rings (SSSR count). The second kappa shape index (κ2) is 5.08. The van der Waals surface area contributed by atoms with E-state index in [1.54, 1.807) is 0 Å². The lowest BCUT2D eigenvalue weighted by molar-refractivity contribution is 0.286. The number of hydrogen-bond acceptors (Lipinski definition) is 3. The molecule has 0 aromatic carbocycles. The first-order chi connectivity index (χ1) is 8.43. The van der Waals surface area contributed by atoms with Crippen molar-refractivity contribution < 1.29 is 0 Å². The van der Waals surface area contributed by atoms with Gasteiger partial charge in [0.15, 0.2) is 0 Å². The summed E-state index contributed by atoms with van der Waals surface area (Å²) in [5.41, 5.74) is 1.14. The molecule has 1 aromatic rings. The maximum Gasteiger partial charge on any atom is 0.0726 e. The molecule has 1 saturated carbocycles. The molecule has 1 saturated heterocycles. The summed E-state index contributed by atoms with van der Waals surface area (Å²) in [6, 6.07) is 1.36. The van der Waals surface area contributed by atoms with Crippen LogP contribution in [-0.4, -0.2) is 28.8 Å². The van der Waals surface area contributed by atoms with Crippen LogP contribution in [0.25, 0.3) is 0 Å². The van der Waals surface area contributed by atoms with E-state index in [2.05, 4.69) is 20.8 Å². The van der Waals surface area contributed by atoms with Crippen LogP contribution < -0.4 is 10.6 Å². The van der Waals surface area contributed by atoms with Crippen LogP contribution in [0.4, 0.5) is 5.69 Å². The molecule has 2 fully saturated rings. The van der Waals surface area contributed by atoms with Gasteiger partial charge in [-0.15, -0.1) is 0 Å². The van der Waals surface area contributed by atoms with Gasteiger partial charge in [0.1, 0.15) is 0 Å². The van der Waals surface area contributed by atoms with Gasteiger partial charge in [-0.1, -0.05) is 12.8 Å². The molecule has 0 bridgehead atoms. The molecule has 2 aliphatic rings. The van der Waals surface area contributed by atoms with Gasteiger partial charge in [-0.25, -0.2) is 0 Å². The number of piperidine rings is 1. The lowest BCUT2D eigenvalue weighted by Crippen LogP contribution is -2.44. The summed E-state index contributed by atoms with van der Waals surface area (Å²) in [7, 11) is 0. The molecule has 0 radical (unpaired) electrons. The zero-order chi connectivity index (χ0) is 11.5. The number of anilines is 1. The van der Waals surface area contributed by atoms with Crippen molar-refractivity contribution in [2.75, 3.05) is 11.9 Å². The maximum atomic E-state index is 4.00. The third-order valence-corrected chi connectivity index (χ3v) is 4.28. The Balaban J connectivity index is 1.62. The Kier molecular flexibility index (Phi) is 3.31. The van der Waals surface area contributed by atoms with Gasteiger partial charge in [0.2, 0.25) is 0 Å². The first-order valence-electron chi connectivity index (χ1n) is 6.92. The quantitative estimate of drug-likeness (QED) is 0.751. The smallest absolute Gasteiger partial charge is 0.0726 e. The number of hydrogen-bond donors (Lipinski definition) is 3. The van der Waals surface area contributed by atoms with E-state index in [1.807, 2.05) is 12.4 Å². The van der Waals surface area contributed by atoms with E-state index >= 15 is 0 Å². The third kappa shape index (κ3) is 2.46. The molecule has 17 heavy (non-hydrogen) atoms. The number of rotatable bonds is 3. The van der Waals surface area contributed by atoms with E-state index in [4.69, 9.17) is 0 Å². The van der Waals surface area contributed by atoms with Crippen molar-refractivity contribution in [1.29, 1.82) is 0 Å². The molecule has 0 spiro atoms. The average molecular weight is 234 g/mol. The number of H-pyrrole nitrogens is 1. The Bertz CT molecular complexity index is 329. The van der Waals surface area contributed by atoms with Crippen molar-refractivity contribution in [3.63, 3.8) is 0 Å². The molecule has 4 nitrogen and oxygen atoms in total. The second-order valence-corrected chi connectivity index (χ2v) is 5.39. The van der Waals surface area contributed by atoms with Crippen LogP contribution in [0.2, 0.25) is 0 Å². The van der Waals surface area contributed by atoms with Crippen LogP contribution in [0.1, 0.15) is 38.5 Å². The first kappa shape index (κ1) is 11.1. The number of nitrogens with zero attached hydrogens (tertiary/aromatic N) is 1. The molecule has 3 N–H and O–H groups in total. The monoisotopic (exact) mass is 234 g/mol. The van der Waals surface area contributed by atoms with Crippen molar-refractivity contribution >= 4 is 5.69 Å². The molecule has 0 amide bonds. The molecule has 4 heteroatoms. The van der Waals surface area contributed by atoms with Gasteiger partial charge >= 0.3 is 0 Å². The van der Waals surface area contributed by atoms with Crippen molar-refractivity contribution in [2.45, 2.75) is 50.6 Å². The summed E-state index contributed by atoms with van der Waals surface area (Å²) in [6.45, 7) is 1.21. The van der Waals surface area contributed by atoms with Crippen molar-refractivity contribution in [3.05, 3.63) is 12.4 Å². The zero-order valence-electron chi connectivity index (χ0n) is 10.3. The summed E-state index contributed by atoms with van der Waals surface area (Å²) in [5, 5.41) is 14.2. The van der Waals surface area contributed by atoms with Gasteiger partial charge in [-0.05, 0) is 38.1 Å². The van der Waals surface area contributed by atoms with Crippen LogP contribution in [0.3, 0.4) is 0 Å². The molecule has 1 aliphatic heterocycles. The summed E-state index contributed by atoms with van der Waals surface area (Å²) >= 11 is 0. The highest BCUT2D eigenvalue weighted by atomic mass is 15.1. The van der Waals surface area contributed by atoms with Crippen LogP contribution in [0.5, 0.6) is 0 Å². The Morgan fingerprint density at radius 3 is 2.94 bits per heavy atom. The number of nitrogens with one attached hydrogen (secondary N) is 3. The standard InChI is InChI=1S/C13H22N4/c1-2-7-14-12(5-1)11-4-3-6-13(11)17-10-8-15-16-9-10/h8-9,11-14,17H,1-7H2,(H,15,16). The van der Waals surface area contributed by atoms with Gasteiger partial charge in [-0.2, -0.15) is 5.10 Å². The molecule has 1 aliphatic carbocycles. The molecule has 1 aromatic heterocycles. The lowest BCUT2D eigenvalue weighted by atomic mass is 9.88. The molecular weight excluding hydrogens is 212 g/mol. The van der Waals surface area contributed by atoms with Gasteiger partial charge in [0.25, 0.3) is 0 Å². The highest BCUT2D eigenvalue weighted by Gasteiger charge is 2.34. The van der Waals surface area contributed by atoms with Crippen molar-refractivity contribution in [1.82, 2.24) is 15.5 Å². The highest BCUT2D eigenvalue weighted by Crippen LogP contribution is 2.33. The van der Waals surface area contributed by atoms with Crippen molar-refractivity contribution in [3.8, 4) is 0 Å². The Morgan fingerprint density at radius 2 is 2.18 bits per heavy atom. The second-order valence-electron chi connectivity index (χ2n) is 5.39.